The lowest BCUT2D eigenvalue weighted by Crippen LogP contribution is -2.43. The third kappa shape index (κ3) is 6.75. The zero-order valence-electron chi connectivity index (χ0n) is 32.1. The van der Waals surface area contributed by atoms with Gasteiger partial charge in [0.25, 0.3) is 0 Å². The molecular weight excluding hydrogens is 728 g/mol. The van der Waals surface area contributed by atoms with Crippen LogP contribution in [0.15, 0.2) is 36.4 Å². The molecule has 3 aliphatic rings. The van der Waals surface area contributed by atoms with E-state index in [-0.39, 0.29) is 57.3 Å². The summed E-state index contributed by atoms with van der Waals surface area (Å²) in [5.41, 5.74) is 2.07. The molecule has 0 bridgehead atoms. The number of ketones is 1. The zero-order valence-corrected chi connectivity index (χ0v) is 32.1. The van der Waals surface area contributed by atoms with Gasteiger partial charge in [0, 0.05) is 29.2 Å². The van der Waals surface area contributed by atoms with Gasteiger partial charge in [0.15, 0.2) is 23.6 Å². The average Bonchev–Trinajstić information content (AvgIpc) is 3.62. The van der Waals surface area contributed by atoms with Crippen molar-refractivity contribution >= 4 is 24.0 Å². The Hall–Kier alpha value is -6.44. The number of methoxy groups -OCH3 is 3. The number of aromatic carboxylic acids is 1. The number of carboxylic acids is 1. The van der Waals surface area contributed by atoms with Crippen LogP contribution in [0.4, 0.5) is 0 Å². The Bertz CT molecular complexity index is 2270. The van der Waals surface area contributed by atoms with Gasteiger partial charge in [-0.2, -0.15) is 0 Å². The average molecular weight is 771 g/mol. The smallest absolute Gasteiger partial charge is 0.347 e. The zero-order chi connectivity index (χ0) is 40.7. The SMILES string of the molecule is COc1cc(C)c(C(=O)Oc2cc(C)c(O)c(C(=O)O)c2C)c(O)c1C=O.COc1cc2c(cc1OC)C1C(=O)c3ccc4c(c3OC1CO2)CC(C(C)C)O4. The van der Waals surface area contributed by atoms with E-state index in [0.29, 0.717) is 52.9 Å². The van der Waals surface area contributed by atoms with Gasteiger partial charge in [-0.05, 0) is 68.1 Å². The lowest BCUT2D eigenvalue weighted by atomic mass is 9.81. The monoisotopic (exact) mass is 770 g/mol. The number of aryl methyl sites for hydroxylation is 2. The molecule has 3 aliphatic heterocycles. The van der Waals surface area contributed by atoms with Gasteiger partial charge in [0.1, 0.15) is 70.2 Å². The molecule has 0 radical (unpaired) electrons. The first kappa shape index (κ1) is 39.3. The third-order valence-corrected chi connectivity index (χ3v) is 10.2. The predicted molar refractivity (Wildman–Crippen MR) is 200 cm³/mol. The number of esters is 1. The largest absolute Gasteiger partial charge is 0.507 e. The van der Waals surface area contributed by atoms with Crippen molar-refractivity contribution in [2.75, 3.05) is 27.9 Å². The number of carboxylic acid groups (broad SMARTS) is 1. The van der Waals surface area contributed by atoms with Crippen LogP contribution in [-0.2, 0) is 6.42 Å². The van der Waals surface area contributed by atoms with Crippen LogP contribution >= 0.6 is 0 Å². The molecule has 294 valence electrons. The van der Waals surface area contributed by atoms with Crippen LogP contribution in [-0.4, -0.2) is 79.5 Å². The van der Waals surface area contributed by atoms with Crippen molar-refractivity contribution in [3.63, 3.8) is 0 Å². The highest BCUT2D eigenvalue weighted by molar-refractivity contribution is 6.06. The van der Waals surface area contributed by atoms with Gasteiger partial charge < -0.3 is 48.5 Å². The van der Waals surface area contributed by atoms with E-state index < -0.39 is 29.4 Å². The molecular formula is C42H42O14. The van der Waals surface area contributed by atoms with Crippen molar-refractivity contribution in [1.82, 2.24) is 0 Å². The fraction of sp³-hybridized carbons (Fsp3) is 0.333. The number of phenols is 2. The maximum absolute atomic E-state index is 13.5. The number of carbonyl (C=O) groups is 4. The molecule has 3 unspecified atom stereocenters. The second-order valence-corrected chi connectivity index (χ2v) is 14.0. The van der Waals surface area contributed by atoms with Gasteiger partial charge in [-0.1, -0.05) is 13.8 Å². The summed E-state index contributed by atoms with van der Waals surface area (Å²) in [5.74, 6) is -0.136. The highest BCUT2D eigenvalue weighted by atomic mass is 16.5. The van der Waals surface area contributed by atoms with Crippen LogP contribution in [0.25, 0.3) is 0 Å². The Labute approximate surface area is 322 Å². The van der Waals surface area contributed by atoms with E-state index in [1.54, 1.807) is 20.3 Å². The van der Waals surface area contributed by atoms with Crippen molar-refractivity contribution in [1.29, 1.82) is 0 Å². The molecule has 3 atom stereocenters. The number of aldehydes is 1. The first-order chi connectivity index (χ1) is 26.6. The second-order valence-electron chi connectivity index (χ2n) is 14.0. The van der Waals surface area contributed by atoms with E-state index in [4.69, 9.17) is 33.2 Å². The molecule has 0 spiro atoms. The lowest BCUT2D eigenvalue weighted by Gasteiger charge is -2.37. The van der Waals surface area contributed by atoms with Crippen molar-refractivity contribution in [2.45, 2.75) is 59.2 Å². The summed E-state index contributed by atoms with van der Waals surface area (Å²) < 4.78 is 39.4. The van der Waals surface area contributed by atoms with Crippen LogP contribution in [0.3, 0.4) is 0 Å². The van der Waals surface area contributed by atoms with E-state index in [0.717, 1.165) is 23.3 Å². The standard InChI is InChI=1S/C23H24O6.C19H18O8/c1-11(2)16-8-14-15(28-16)6-5-12-22(24)21-13-7-18(25-3)19(26-4)9-17(13)27-10-20(21)29-23(12)14;1-8-5-13(26-4)11(7-20)17(22)14(8)19(25)27-12-6-9(2)16(21)15(10(12)3)18(23)24/h5-7,9,11,16,20-21H,8,10H2,1-4H3;5-7,21-22H,1-4H3,(H,23,24). The number of Topliss-reactive ketones (excluding diaryl/α,β-unsaturated/α-hetero) is 1. The van der Waals surface area contributed by atoms with E-state index in [2.05, 4.69) is 13.8 Å². The van der Waals surface area contributed by atoms with E-state index >= 15 is 0 Å². The first-order valence-corrected chi connectivity index (χ1v) is 17.7. The number of rotatable bonds is 8. The quantitative estimate of drug-likeness (QED) is 0.0993. The first-order valence-electron chi connectivity index (χ1n) is 17.7. The highest BCUT2D eigenvalue weighted by Gasteiger charge is 2.45. The molecule has 4 aromatic rings. The second kappa shape index (κ2) is 15.4. The molecule has 0 aromatic heterocycles. The van der Waals surface area contributed by atoms with Gasteiger partial charge in [-0.3, -0.25) is 9.59 Å². The number of hydrogen-bond donors (Lipinski definition) is 3. The Morgan fingerprint density at radius 3 is 2.12 bits per heavy atom. The number of phenolic OH excluding ortho intramolecular Hbond substituents is 1. The number of carbonyl (C=O) groups excluding carboxylic acids is 3. The molecule has 14 heteroatoms. The summed E-state index contributed by atoms with van der Waals surface area (Å²) in [6.07, 6.45) is 0.824. The van der Waals surface area contributed by atoms with Crippen LogP contribution in [0, 0.1) is 26.7 Å². The Kier molecular flexibility index (Phi) is 10.8. The summed E-state index contributed by atoms with van der Waals surface area (Å²) in [7, 11) is 4.47. The molecule has 0 aliphatic carbocycles. The molecule has 56 heavy (non-hydrogen) atoms. The topological polar surface area (TPSA) is 194 Å². The number of fused-ring (bicyclic) bond motifs is 6. The molecule has 14 nitrogen and oxygen atoms in total. The lowest BCUT2D eigenvalue weighted by molar-refractivity contribution is 0.0553. The van der Waals surface area contributed by atoms with Crippen LogP contribution in [0.2, 0.25) is 0 Å². The van der Waals surface area contributed by atoms with Crippen molar-refractivity contribution in [2.24, 2.45) is 5.92 Å². The summed E-state index contributed by atoms with van der Waals surface area (Å²) in [4.78, 5) is 48.7. The Balaban J connectivity index is 0.000000191. The minimum atomic E-state index is -1.38. The fourth-order valence-corrected chi connectivity index (χ4v) is 7.18. The van der Waals surface area contributed by atoms with Gasteiger partial charge in [-0.25, -0.2) is 9.59 Å². The van der Waals surface area contributed by atoms with E-state index in [9.17, 15) is 34.5 Å². The van der Waals surface area contributed by atoms with Crippen molar-refractivity contribution in [3.8, 4) is 51.7 Å². The van der Waals surface area contributed by atoms with Crippen molar-refractivity contribution < 1.29 is 67.7 Å². The molecule has 0 fully saturated rings. The van der Waals surface area contributed by atoms with Crippen molar-refractivity contribution in [3.05, 3.63) is 86.5 Å². The van der Waals surface area contributed by atoms with E-state index in [1.165, 1.54) is 40.0 Å². The number of benzene rings is 4. The van der Waals surface area contributed by atoms with Gasteiger partial charge in [0.2, 0.25) is 0 Å². The van der Waals surface area contributed by atoms with E-state index in [1.807, 2.05) is 18.2 Å². The Morgan fingerprint density at radius 1 is 0.839 bits per heavy atom. The third-order valence-electron chi connectivity index (χ3n) is 10.2. The van der Waals surface area contributed by atoms with Gasteiger partial charge >= 0.3 is 11.9 Å². The predicted octanol–water partition coefficient (Wildman–Crippen LogP) is 6.54. The Morgan fingerprint density at radius 2 is 1.50 bits per heavy atom. The summed E-state index contributed by atoms with van der Waals surface area (Å²) in [6, 6.07) is 10.0. The normalized spacial score (nSPS) is 17.3. The van der Waals surface area contributed by atoms with Crippen LogP contribution < -0.4 is 33.2 Å². The minimum absolute atomic E-state index is 0.0419. The summed E-state index contributed by atoms with van der Waals surface area (Å²) >= 11 is 0. The van der Waals surface area contributed by atoms with Crippen LogP contribution in [0.1, 0.15) is 89.0 Å². The molecule has 3 heterocycles. The maximum atomic E-state index is 13.5. The molecule has 4 aromatic carbocycles. The molecule has 7 rings (SSSR count). The van der Waals surface area contributed by atoms with Gasteiger partial charge in [0.05, 0.1) is 38.4 Å². The summed E-state index contributed by atoms with van der Waals surface area (Å²) in [5, 5.41) is 29.5. The van der Waals surface area contributed by atoms with Crippen LogP contribution in [0.5, 0.6) is 51.7 Å². The number of aromatic hydroxyl groups is 2. The minimum Gasteiger partial charge on any atom is -0.507 e. The number of ether oxygens (including phenoxy) is 7. The number of hydrogen-bond acceptors (Lipinski definition) is 13. The summed E-state index contributed by atoms with van der Waals surface area (Å²) in [6.45, 7) is 8.93. The molecule has 3 N–H and O–H groups in total. The molecule has 0 amide bonds. The molecule has 0 saturated carbocycles. The molecule has 0 saturated heterocycles. The maximum Gasteiger partial charge on any atom is 0.347 e. The van der Waals surface area contributed by atoms with Gasteiger partial charge in [-0.15, -0.1) is 0 Å². The fourth-order valence-electron chi connectivity index (χ4n) is 7.18. The highest BCUT2D eigenvalue weighted by Crippen LogP contribution is 2.50.